The van der Waals surface area contributed by atoms with Gasteiger partial charge in [-0.05, 0) is 18.9 Å². The molecule has 1 N–H and O–H groups in total. The second kappa shape index (κ2) is 4.50. The second-order valence-corrected chi connectivity index (χ2v) is 4.93. The highest BCUT2D eigenvalue weighted by Gasteiger charge is 2.28. The van der Waals surface area contributed by atoms with Gasteiger partial charge in [0.15, 0.2) is 5.82 Å². The van der Waals surface area contributed by atoms with Crippen LogP contribution in [0.1, 0.15) is 17.8 Å². The number of rotatable bonds is 2. The Morgan fingerprint density at radius 2 is 2.16 bits per heavy atom. The molecule has 0 bridgehead atoms. The molecule has 3 rings (SSSR count). The predicted molar refractivity (Wildman–Crippen MR) is 69.6 cm³/mol. The molecular weight excluding hydrogens is 242 g/mol. The highest BCUT2D eigenvalue weighted by atomic mass is 16.4. The van der Waals surface area contributed by atoms with E-state index < -0.39 is 5.97 Å². The maximum atomic E-state index is 11.0. The summed E-state index contributed by atoms with van der Waals surface area (Å²) in [5.74, 6) is 0.543. The summed E-state index contributed by atoms with van der Waals surface area (Å²) < 4.78 is 2.04. The van der Waals surface area contributed by atoms with E-state index >= 15 is 0 Å². The van der Waals surface area contributed by atoms with Crippen LogP contribution in [0.15, 0.2) is 24.3 Å². The van der Waals surface area contributed by atoms with E-state index in [9.17, 15) is 4.79 Å². The maximum absolute atomic E-state index is 11.0. The van der Waals surface area contributed by atoms with Gasteiger partial charge in [0.1, 0.15) is 5.82 Å². The zero-order valence-electron chi connectivity index (χ0n) is 10.7. The third-order valence-corrected chi connectivity index (χ3v) is 3.69. The summed E-state index contributed by atoms with van der Waals surface area (Å²) in [7, 11) is 0. The van der Waals surface area contributed by atoms with Gasteiger partial charge < -0.3 is 9.67 Å². The van der Waals surface area contributed by atoms with Crippen LogP contribution in [0.2, 0.25) is 0 Å². The van der Waals surface area contributed by atoms with Gasteiger partial charge in [0.05, 0.1) is 5.92 Å². The lowest BCUT2D eigenvalue weighted by atomic mass is 9.97. The maximum Gasteiger partial charge on any atom is 0.307 e. The largest absolute Gasteiger partial charge is 0.481 e. The van der Waals surface area contributed by atoms with E-state index in [1.807, 2.05) is 35.8 Å². The number of nitrogens with zero attached hydrogens (tertiary/aromatic N) is 3. The molecule has 0 fully saturated rings. The Morgan fingerprint density at radius 3 is 2.89 bits per heavy atom. The minimum absolute atomic E-state index is 0.332. The Labute approximate surface area is 110 Å². The van der Waals surface area contributed by atoms with Crippen molar-refractivity contribution < 1.29 is 9.90 Å². The standard InChI is InChI=1S/C14H15N3O2/c1-9-4-2-3-5-11(9)13-16-15-12-8-10(14(18)19)6-7-17(12)13/h2-5,10H,6-8H2,1H3,(H,18,19). The number of aryl methyl sites for hydroxylation is 1. The van der Waals surface area contributed by atoms with E-state index in [-0.39, 0.29) is 5.92 Å². The smallest absolute Gasteiger partial charge is 0.307 e. The van der Waals surface area contributed by atoms with Gasteiger partial charge in [-0.1, -0.05) is 24.3 Å². The first-order valence-corrected chi connectivity index (χ1v) is 6.37. The van der Waals surface area contributed by atoms with E-state index in [0.29, 0.717) is 19.4 Å². The normalized spacial score (nSPS) is 18.1. The average molecular weight is 257 g/mol. The fourth-order valence-electron chi connectivity index (χ4n) is 2.56. The highest BCUT2D eigenvalue weighted by Crippen LogP contribution is 2.27. The summed E-state index contributed by atoms with van der Waals surface area (Å²) in [6, 6.07) is 8.04. The zero-order valence-corrected chi connectivity index (χ0v) is 10.7. The molecule has 1 unspecified atom stereocenters. The van der Waals surface area contributed by atoms with Gasteiger partial charge in [0.2, 0.25) is 0 Å². The molecule has 0 saturated heterocycles. The Balaban J connectivity index is 2.00. The van der Waals surface area contributed by atoms with Gasteiger partial charge >= 0.3 is 5.97 Å². The van der Waals surface area contributed by atoms with E-state index in [1.54, 1.807) is 0 Å². The van der Waals surface area contributed by atoms with E-state index in [2.05, 4.69) is 10.2 Å². The van der Waals surface area contributed by atoms with Crippen LogP contribution in [-0.2, 0) is 17.8 Å². The Morgan fingerprint density at radius 1 is 1.37 bits per heavy atom. The molecule has 1 aromatic carbocycles. The molecule has 0 radical (unpaired) electrons. The van der Waals surface area contributed by atoms with Crippen LogP contribution in [0.25, 0.3) is 11.4 Å². The van der Waals surface area contributed by atoms with Crippen LogP contribution < -0.4 is 0 Å². The number of aliphatic carboxylic acids is 1. The number of carboxylic acid groups (broad SMARTS) is 1. The van der Waals surface area contributed by atoms with Gasteiger partial charge in [-0.25, -0.2) is 0 Å². The summed E-state index contributed by atoms with van der Waals surface area (Å²) in [5, 5.41) is 17.5. The lowest BCUT2D eigenvalue weighted by Gasteiger charge is -2.20. The minimum atomic E-state index is -0.744. The van der Waals surface area contributed by atoms with Crippen LogP contribution in [0.4, 0.5) is 0 Å². The van der Waals surface area contributed by atoms with E-state index in [0.717, 1.165) is 22.8 Å². The number of hydrogen-bond donors (Lipinski definition) is 1. The predicted octanol–water partition coefficient (Wildman–Crippen LogP) is 1.90. The molecule has 5 heteroatoms. The van der Waals surface area contributed by atoms with Crippen molar-refractivity contribution in [2.24, 2.45) is 5.92 Å². The molecule has 1 aromatic heterocycles. The quantitative estimate of drug-likeness (QED) is 0.892. The Hall–Kier alpha value is -2.17. The summed E-state index contributed by atoms with van der Waals surface area (Å²) in [6.07, 6.45) is 1.10. The molecule has 0 amide bonds. The van der Waals surface area contributed by atoms with Gasteiger partial charge in [0.25, 0.3) is 0 Å². The number of fused-ring (bicyclic) bond motifs is 1. The molecule has 0 aliphatic carbocycles. The molecule has 1 aliphatic rings. The Kier molecular flexibility index (Phi) is 2.81. The van der Waals surface area contributed by atoms with Crippen LogP contribution in [-0.4, -0.2) is 25.8 Å². The van der Waals surface area contributed by atoms with Crippen LogP contribution in [0.5, 0.6) is 0 Å². The van der Waals surface area contributed by atoms with Crippen molar-refractivity contribution in [3.05, 3.63) is 35.7 Å². The van der Waals surface area contributed by atoms with Crippen LogP contribution in [0, 0.1) is 12.8 Å². The number of carbonyl (C=O) groups is 1. The molecule has 1 atom stereocenters. The summed E-state index contributed by atoms with van der Waals surface area (Å²) in [5.41, 5.74) is 2.22. The topological polar surface area (TPSA) is 68.0 Å². The zero-order chi connectivity index (χ0) is 13.4. The molecular formula is C14H15N3O2. The first kappa shape index (κ1) is 11.9. The highest BCUT2D eigenvalue weighted by molar-refractivity contribution is 5.70. The minimum Gasteiger partial charge on any atom is -0.481 e. The lowest BCUT2D eigenvalue weighted by Crippen LogP contribution is -2.26. The molecule has 0 saturated carbocycles. The fourth-order valence-corrected chi connectivity index (χ4v) is 2.56. The lowest BCUT2D eigenvalue weighted by molar-refractivity contribution is -0.142. The molecule has 2 aromatic rings. The Bertz CT molecular complexity index is 633. The first-order chi connectivity index (χ1) is 9.16. The SMILES string of the molecule is Cc1ccccc1-c1nnc2n1CCC(C(=O)O)C2. The fraction of sp³-hybridized carbons (Fsp3) is 0.357. The number of aromatic nitrogens is 3. The molecule has 19 heavy (non-hydrogen) atoms. The second-order valence-electron chi connectivity index (χ2n) is 4.93. The molecule has 98 valence electrons. The van der Waals surface area contributed by atoms with Gasteiger partial charge in [0, 0.05) is 18.5 Å². The van der Waals surface area contributed by atoms with Crippen molar-refractivity contribution in [2.75, 3.05) is 0 Å². The number of hydrogen-bond acceptors (Lipinski definition) is 3. The van der Waals surface area contributed by atoms with Crippen LogP contribution in [0.3, 0.4) is 0 Å². The van der Waals surface area contributed by atoms with Gasteiger partial charge in [-0.3, -0.25) is 4.79 Å². The van der Waals surface area contributed by atoms with Crippen LogP contribution >= 0.6 is 0 Å². The van der Waals surface area contributed by atoms with Crippen molar-refractivity contribution in [1.29, 1.82) is 0 Å². The first-order valence-electron chi connectivity index (χ1n) is 6.37. The summed E-state index contributed by atoms with van der Waals surface area (Å²) >= 11 is 0. The van der Waals surface area contributed by atoms with Crippen molar-refractivity contribution in [3.63, 3.8) is 0 Å². The third kappa shape index (κ3) is 2.01. The molecule has 1 aliphatic heterocycles. The number of benzene rings is 1. The van der Waals surface area contributed by atoms with Crippen molar-refractivity contribution in [3.8, 4) is 11.4 Å². The summed E-state index contributed by atoms with van der Waals surface area (Å²) in [6.45, 7) is 2.71. The van der Waals surface area contributed by atoms with Gasteiger partial charge in [-0.2, -0.15) is 0 Å². The van der Waals surface area contributed by atoms with Crippen molar-refractivity contribution >= 4 is 5.97 Å². The van der Waals surface area contributed by atoms with Crippen molar-refractivity contribution in [1.82, 2.24) is 14.8 Å². The van der Waals surface area contributed by atoms with E-state index in [4.69, 9.17) is 5.11 Å². The van der Waals surface area contributed by atoms with E-state index in [1.165, 1.54) is 0 Å². The molecule has 5 nitrogen and oxygen atoms in total. The third-order valence-electron chi connectivity index (χ3n) is 3.69. The molecule has 2 heterocycles. The van der Waals surface area contributed by atoms with Gasteiger partial charge in [-0.15, -0.1) is 10.2 Å². The molecule has 0 spiro atoms. The summed E-state index contributed by atoms with van der Waals surface area (Å²) in [4.78, 5) is 11.0. The number of carboxylic acids is 1. The monoisotopic (exact) mass is 257 g/mol. The average Bonchev–Trinajstić information content (AvgIpc) is 2.82. The van der Waals surface area contributed by atoms with Crippen molar-refractivity contribution in [2.45, 2.75) is 26.3 Å².